The lowest BCUT2D eigenvalue weighted by atomic mass is 9.84. The maximum Gasteiger partial charge on any atom is 0.230 e. The maximum absolute atomic E-state index is 12.6. The number of hydrogen-bond acceptors (Lipinski definition) is 3. The molecule has 0 spiro atoms. The molecule has 0 radical (unpaired) electrons. The van der Waals surface area contributed by atoms with Crippen molar-refractivity contribution in [2.45, 2.75) is 52.5 Å². The molecule has 1 aliphatic rings. The normalized spacial score (nSPS) is 17.8. The number of aliphatic imine (C=N–C) groups is 1. The molecule has 1 rings (SSSR count). The van der Waals surface area contributed by atoms with Crippen LogP contribution in [0, 0.1) is 5.41 Å². The van der Waals surface area contributed by atoms with Crippen molar-refractivity contribution < 1.29 is 4.79 Å². The first-order chi connectivity index (χ1) is 11.4. The molecule has 0 aliphatic heterocycles. The lowest BCUT2D eigenvalue weighted by Crippen LogP contribution is -2.51. The minimum Gasteiger partial charge on any atom is -0.355 e. The SMILES string of the molecule is CCN(CC)C(C)CNC(=NC)NCC1(C(=O)N(C)C)CCCC1.I. The Balaban J connectivity index is 0.00000576. The Kier molecular flexibility index (Phi) is 11.7. The molecule has 6 nitrogen and oxygen atoms in total. The van der Waals surface area contributed by atoms with Crippen molar-refractivity contribution in [3.05, 3.63) is 0 Å². The Morgan fingerprint density at radius 2 is 1.72 bits per heavy atom. The predicted molar refractivity (Wildman–Crippen MR) is 117 cm³/mol. The predicted octanol–water partition coefficient (Wildman–Crippen LogP) is 2.15. The third kappa shape index (κ3) is 6.92. The molecule has 1 atom stereocenters. The molecule has 1 aliphatic carbocycles. The molecule has 7 heteroatoms. The number of nitrogens with one attached hydrogen (secondary N) is 2. The molecule has 0 bridgehead atoms. The van der Waals surface area contributed by atoms with Crippen molar-refractivity contribution in [1.82, 2.24) is 20.4 Å². The third-order valence-corrected chi connectivity index (χ3v) is 5.24. The molecule has 0 aromatic carbocycles. The Labute approximate surface area is 171 Å². The molecule has 2 N–H and O–H groups in total. The van der Waals surface area contributed by atoms with Crippen molar-refractivity contribution >= 4 is 35.8 Å². The first-order valence-corrected chi connectivity index (χ1v) is 9.30. The average molecular weight is 467 g/mol. The molecule has 0 aromatic rings. The van der Waals surface area contributed by atoms with Gasteiger partial charge in [0.05, 0.1) is 5.41 Å². The number of likely N-dealkylation sites (N-methyl/N-ethyl adjacent to an activating group) is 1. The number of hydrogen-bond donors (Lipinski definition) is 2. The van der Waals surface area contributed by atoms with Crippen LogP contribution >= 0.6 is 24.0 Å². The van der Waals surface area contributed by atoms with E-state index in [9.17, 15) is 4.79 Å². The average Bonchev–Trinajstić information content (AvgIpc) is 3.05. The summed E-state index contributed by atoms with van der Waals surface area (Å²) in [6.07, 6.45) is 4.19. The highest BCUT2D eigenvalue weighted by atomic mass is 127. The number of rotatable bonds is 8. The van der Waals surface area contributed by atoms with Gasteiger partial charge in [-0.2, -0.15) is 0 Å². The Bertz CT molecular complexity index is 418. The summed E-state index contributed by atoms with van der Waals surface area (Å²) in [5, 5.41) is 6.79. The molecule has 1 saturated carbocycles. The van der Waals surface area contributed by atoms with Gasteiger partial charge in [0.2, 0.25) is 5.91 Å². The number of guanidine groups is 1. The van der Waals surface area contributed by atoms with E-state index in [0.717, 1.165) is 51.3 Å². The van der Waals surface area contributed by atoms with E-state index in [0.29, 0.717) is 12.6 Å². The second-order valence-corrected chi connectivity index (χ2v) is 7.06. The van der Waals surface area contributed by atoms with Gasteiger partial charge < -0.3 is 15.5 Å². The topological polar surface area (TPSA) is 60.0 Å². The summed E-state index contributed by atoms with van der Waals surface area (Å²) in [4.78, 5) is 21.1. The van der Waals surface area contributed by atoms with E-state index in [1.807, 2.05) is 14.1 Å². The van der Waals surface area contributed by atoms with Gasteiger partial charge in [-0.05, 0) is 32.9 Å². The monoisotopic (exact) mass is 467 g/mol. The maximum atomic E-state index is 12.6. The van der Waals surface area contributed by atoms with Gasteiger partial charge in [0, 0.05) is 40.3 Å². The number of carbonyl (C=O) groups is 1. The fourth-order valence-electron chi connectivity index (χ4n) is 3.69. The van der Waals surface area contributed by atoms with Crippen molar-refractivity contribution in [2.75, 3.05) is 47.3 Å². The molecule has 148 valence electrons. The fourth-order valence-corrected chi connectivity index (χ4v) is 3.69. The van der Waals surface area contributed by atoms with Crippen LogP contribution in [0.25, 0.3) is 0 Å². The summed E-state index contributed by atoms with van der Waals surface area (Å²) in [5.74, 6) is 1.02. The highest BCUT2D eigenvalue weighted by Crippen LogP contribution is 2.38. The smallest absolute Gasteiger partial charge is 0.230 e. The van der Waals surface area contributed by atoms with Crippen LogP contribution in [0.4, 0.5) is 0 Å². The third-order valence-electron chi connectivity index (χ3n) is 5.24. The minimum absolute atomic E-state index is 0. The van der Waals surface area contributed by atoms with Crippen LogP contribution < -0.4 is 10.6 Å². The summed E-state index contributed by atoms with van der Waals surface area (Å²) in [5.41, 5.74) is -0.272. The van der Waals surface area contributed by atoms with Crippen molar-refractivity contribution in [3.63, 3.8) is 0 Å². The highest BCUT2D eigenvalue weighted by molar-refractivity contribution is 14.0. The summed E-state index contributed by atoms with van der Waals surface area (Å²) in [6, 6.07) is 0.447. The molecule has 0 aromatic heterocycles. The van der Waals surface area contributed by atoms with Crippen molar-refractivity contribution in [2.24, 2.45) is 10.4 Å². The zero-order valence-corrected chi connectivity index (χ0v) is 19.2. The van der Waals surface area contributed by atoms with Gasteiger partial charge >= 0.3 is 0 Å². The Hall–Kier alpha value is -0.570. The Morgan fingerprint density at radius 3 is 2.16 bits per heavy atom. The first kappa shape index (κ1) is 24.4. The summed E-state index contributed by atoms with van der Waals surface area (Å²) in [7, 11) is 5.48. The van der Waals surface area contributed by atoms with E-state index in [2.05, 4.69) is 41.3 Å². The van der Waals surface area contributed by atoms with Crippen LogP contribution in [0.3, 0.4) is 0 Å². The molecule has 1 fully saturated rings. The summed E-state index contributed by atoms with van der Waals surface area (Å²) >= 11 is 0. The number of carbonyl (C=O) groups excluding carboxylic acids is 1. The van der Waals surface area contributed by atoms with Crippen LogP contribution in [0.5, 0.6) is 0 Å². The second kappa shape index (κ2) is 11.9. The first-order valence-electron chi connectivity index (χ1n) is 9.30. The van der Waals surface area contributed by atoms with E-state index in [1.54, 1.807) is 11.9 Å². The summed E-state index contributed by atoms with van der Waals surface area (Å²) in [6.45, 7) is 10.2. The lowest BCUT2D eigenvalue weighted by Gasteiger charge is -2.32. The van der Waals surface area contributed by atoms with E-state index in [4.69, 9.17) is 0 Å². The molecule has 1 unspecified atom stereocenters. The van der Waals surface area contributed by atoms with Crippen LogP contribution in [0.1, 0.15) is 46.5 Å². The van der Waals surface area contributed by atoms with E-state index < -0.39 is 0 Å². The number of nitrogens with zero attached hydrogens (tertiary/aromatic N) is 3. The number of halogens is 1. The number of amides is 1. The quantitative estimate of drug-likeness (QED) is 0.326. The minimum atomic E-state index is -0.272. The van der Waals surface area contributed by atoms with Crippen LogP contribution in [-0.2, 0) is 4.79 Å². The van der Waals surface area contributed by atoms with Gasteiger partial charge in [-0.1, -0.05) is 26.7 Å². The van der Waals surface area contributed by atoms with Crippen LogP contribution in [-0.4, -0.2) is 75.0 Å². The van der Waals surface area contributed by atoms with Crippen LogP contribution in [0.15, 0.2) is 4.99 Å². The van der Waals surface area contributed by atoms with Gasteiger partial charge in [0.1, 0.15) is 0 Å². The van der Waals surface area contributed by atoms with Gasteiger partial charge in [-0.3, -0.25) is 14.7 Å². The molecule has 0 heterocycles. The van der Waals surface area contributed by atoms with Crippen LogP contribution in [0.2, 0.25) is 0 Å². The van der Waals surface area contributed by atoms with Gasteiger partial charge in [-0.25, -0.2) is 0 Å². The molecule has 25 heavy (non-hydrogen) atoms. The molecule has 0 saturated heterocycles. The summed E-state index contributed by atoms with van der Waals surface area (Å²) < 4.78 is 0. The zero-order chi connectivity index (χ0) is 18.2. The zero-order valence-electron chi connectivity index (χ0n) is 16.9. The second-order valence-electron chi connectivity index (χ2n) is 7.06. The van der Waals surface area contributed by atoms with Crippen molar-refractivity contribution in [1.29, 1.82) is 0 Å². The van der Waals surface area contributed by atoms with E-state index >= 15 is 0 Å². The van der Waals surface area contributed by atoms with Gasteiger partial charge in [0.15, 0.2) is 5.96 Å². The van der Waals surface area contributed by atoms with E-state index in [-0.39, 0.29) is 35.3 Å². The van der Waals surface area contributed by atoms with E-state index in [1.165, 1.54) is 0 Å². The fraction of sp³-hybridized carbons (Fsp3) is 0.889. The molecular weight excluding hydrogens is 429 g/mol. The highest BCUT2D eigenvalue weighted by Gasteiger charge is 2.42. The largest absolute Gasteiger partial charge is 0.355 e. The van der Waals surface area contributed by atoms with Gasteiger partial charge in [-0.15, -0.1) is 24.0 Å². The van der Waals surface area contributed by atoms with Crippen molar-refractivity contribution in [3.8, 4) is 0 Å². The molecule has 1 amide bonds. The molecular formula is C18H38IN5O. The Morgan fingerprint density at radius 1 is 1.16 bits per heavy atom. The lowest BCUT2D eigenvalue weighted by molar-refractivity contribution is -0.138. The standard InChI is InChI=1S/C18H37N5O.HI/c1-7-23(8-2)15(3)13-20-17(19-4)21-14-18(11-9-10-12-18)16(24)22(5)6;/h15H,7-14H2,1-6H3,(H2,19,20,21);1H. The van der Waals surface area contributed by atoms with Gasteiger partial charge in [0.25, 0.3) is 0 Å².